The smallest absolute Gasteiger partial charge is 0.230 e. The summed E-state index contributed by atoms with van der Waals surface area (Å²) in [6.07, 6.45) is 3.45. The molecule has 0 bridgehead atoms. The molecule has 0 aromatic heterocycles. The molecule has 0 unspecified atom stereocenters. The van der Waals surface area contributed by atoms with Crippen molar-refractivity contribution in [3.05, 3.63) is 0 Å². The summed E-state index contributed by atoms with van der Waals surface area (Å²) in [6.45, 7) is 3.13. The molecule has 1 atom stereocenters. The van der Waals surface area contributed by atoms with Crippen molar-refractivity contribution in [2.24, 2.45) is 17.1 Å². The van der Waals surface area contributed by atoms with Crippen LogP contribution in [0.15, 0.2) is 0 Å². The minimum atomic E-state index is 0.150. The number of rotatable bonds is 1. The highest BCUT2D eigenvalue weighted by Crippen LogP contribution is 2.45. The second-order valence-electron chi connectivity index (χ2n) is 5.43. The summed E-state index contributed by atoms with van der Waals surface area (Å²) in [5.41, 5.74) is 6.30. The molecule has 2 N–H and O–H groups in total. The van der Waals surface area contributed by atoms with Crippen LogP contribution in [0.1, 0.15) is 19.3 Å². The summed E-state index contributed by atoms with van der Waals surface area (Å²) in [6, 6.07) is 0.370. The van der Waals surface area contributed by atoms with Crippen LogP contribution in [-0.2, 0) is 9.53 Å². The molecular weight excluding hydrogens is 192 g/mol. The minimum absolute atomic E-state index is 0.150. The number of amides is 1. The summed E-state index contributed by atoms with van der Waals surface area (Å²) in [5, 5.41) is 0. The van der Waals surface area contributed by atoms with Crippen molar-refractivity contribution in [3.8, 4) is 0 Å². The number of hydrogen-bond donors (Lipinski definition) is 1. The fourth-order valence-corrected chi connectivity index (χ4v) is 3.09. The van der Waals surface area contributed by atoms with E-state index in [2.05, 4.69) is 0 Å². The highest BCUT2D eigenvalue weighted by Gasteiger charge is 2.50. The molecule has 4 heteroatoms. The van der Waals surface area contributed by atoms with Gasteiger partial charge in [0.25, 0.3) is 0 Å². The van der Waals surface area contributed by atoms with Crippen LogP contribution in [0.5, 0.6) is 0 Å². The van der Waals surface area contributed by atoms with Gasteiger partial charge in [-0.15, -0.1) is 0 Å². The molecule has 0 aromatic carbocycles. The zero-order chi connectivity index (χ0) is 10.5. The Morgan fingerprint density at radius 3 is 2.60 bits per heavy atom. The van der Waals surface area contributed by atoms with Gasteiger partial charge in [0.1, 0.15) is 0 Å². The largest absolute Gasteiger partial charge is 0.380 e. The van der Waals surface area contributed by atoms with Gasteiger partial charge in [-0.25, -0.2) is 0 Å². The van der Waals surface area contributed by atoms with Gasteiger partial charge in [0.2, 0.25) is 5.91 Å². The first-order chi connectivity index (χ1) is 7.19. The highest BCUT2D eigenvalue weighted by molar-refractivity contribution is 5.80. The van der Waals surface area contributed by atoms with Gasteiger partial charge < -0.3 is 15.4 Å². The highest BCUT2D eigenvalue weighted by atomic mass is 16.5. The van der Waals surface area contributed by atoms with Crippen LogP contribution in [0.2, 0.25) is 0 Å². The van der Waals surface area contributed by atoms with E-state index in [0.717, 1.165) is 25.9 Å². The molecule has 0 radical (unpaired) electrons. The Morgan fingerprint density at radius 2 is 2.13 bits per heavy atom. The van der Waals surface area contributed by atoms with Crippen molar-refractivity contribution in [2.75, 3.05) is 26.3 Å². The zero-order valence-electron chi connectivity index (χ0n) is 8.95. The standard InChI is InChI=1S/C11H18N2O2/c12-9-1-2-11(3-9)6-13(7-11)10(14)8-4-15-5-8/h8-9H,1-7,12H2/t9-/m1/s1. The Morgan fingerprint density at radius 1 is 1.40 bits per heavy atom. The lowest BCUT2D eigenvalue weighted by Crippen LogP contribution is -2.60. The first-order valence-corrected chi connectivity index (χ1v) is 5.81. The van der Waals surface area contributed by atoms with Crippen LogP contribution >= 0.6 is 0 Å². The topological polar surface area (TPSA) is 55.6 Å². The SMILES string of the molecule is N[C@@H]1CCC2(C1)CN(C(=O)C1COC1)C2. The molecule has 1 saturated carbocycles. The maximum atomic E-state index is 11.8. The number of hydrogen-bond acceptors (Lipinski definition) is 3. The Bertz CT molecular complexity index is 282. The Kier molecular flexibility index (Phi) is 2.04. The predicted octanol–water partition coefficient (Wildman–Crippen LogP) is -0.0274. The van der Waals surface area contributed by atoms with Crippen molar-refractivity contribution >= 4 is 5.91 Å². The number of carbonyl (C=O) groups is 1. The summed E-state index contributed by atoms with van der Waals surface area (Å²) in [4.78, 5) is 13.8. The molecule has 4 nitrogen and oxygen atoms in total. The van der Waals surface area contributed by atoms with Crippen LogP contribution in [0.25, 0.3) is 0 Å². The number of ether oxygens (including phenoxy) is 1. The molecule has 2 heterocycles. The lowest BCUT2D eigenvalue weighted by Gasteiger charge is -2.50. The summed E-state index contributed by atoms with van der Waals surface area (Å²) >= 11 is 0. The van der Waals surface area contributed by atoms with E-state index in [1.54, 1.807) is 0 Å². The third-order valence-electron chi connectivity index (χ3n) is 4.09. The molecule has 3 aliphatic rings. The van der Waals surface area contributed by atoms with Gasteiger partial charge in [0.05, 0.1) is 19.1 Å². The maximum Gasteiger partial charge on any atom is 0.230 e. The van der Waals surface area contributed by atoms with Crippen LogP contribution in [-0.4, -0.2) is 43.2 Å². The first kappa shape index (κ1) is 9.60. The summed E-state index contributed by atoms with van der Waals surface area (Å²) < 4.78 is 5.04. The van der Waals surface area contributed by atoms with E-state index < -0.39 is 0 Å². The molecule has 1 aliphatic carbocycles. The van der Waals surface area contributed by atoms with E-state index in [1.165, 1.54) is 6.42 Å². The van der Waals surface area contributed by atoms with Crippen LogP contribution in [0.4, 0.5) is 0 Å². The van der Waals surface area contributed by atoms with E-state index >= 15 is 0 Å². The zero-order valence-corrected chi connectivity index (χ0v) is 8.95. The quantitative estimate of drug-likeness (QED) is 0.661. The van der Waals surface area contributed by atoms with Crippen LogP contribution < -0.4 is 5.73 Å². The van der Waals surface area contributed by atoms with Gasteiger partial charge in [-0.05, 0) is 19.3 Å². The van der Waals surface area contributed by atoms with Gasteiger partial charge >= 0.3 is 0 Å². The van der Waals surface area contributed by atoms with E-state index in [0.29, 0.717) is 30.6 Å². The molecule has 3 rings (SSSR count). The molecule has 2 aliphatic heterocycles. The predicted molar refractivity (Wildman–Crippen MR) is 55.1 cm³/mol. The monoisotopic (exact) mass is 210 g/mol. The van der Waals surface area contributed by atoms with Crippen molar-refractivity contribution in [3.63, 3.8) is 0 Å². The number of nitrogens with zero attached hydrogens (tertiary/aromatic N) is 1. The van der Waals surface area contributed by atoms with E-state index in [9.17, 15) is 4.79 Å². The maximum absolute atomic E-state index is 11.8. The fourth-order valence-electron chi connectivity index (χ4n) is 3.09. The average molecular weight is 210 g/mol. The first-order valence-electron chi connectivity index (χ1n) is 5.81. The van der Waals surface area contributed by atoms with Gasteiger partial charge in [-0.3, -0.25) is 4.79 Å². The Balaban J connectivity index is 1.54. The molecule has 1 spiro atoms. The normalized spacial score (nSPS) is 33.9. The van der Waals surface area contributed by atoms with Crippen molar-refractivity contribution in [2.45, 2.75) is 25.3 Å². The number of nitrogens with two attached hydrogens (primary N) is 1. The average Bonchev–Trinajstić information content (AvgIpc) is 2.41. The van der Waals surface area contributed by atoms with E-state index in [-0.39, 0.29) is 5.92 Å². The molecule has 3 fully saturated rings. The van der Waals surface area contributed by atoms with Crippen molar-refractivity contribution < 1.29 is 9.53 Å². The Hall–Kier alpha value is -0.610. The molecule has 15 heavy (non-hydrogen) atoms. The molecule has 1 amide bonds. The summed E-state index contributed by atoms with van der Waals surface area (Å²) in [5.74, 6) is 0.449. The van der Waals surface area contributed by atoms with Gasteiger partial charge in [-0.2, -0.15) is 0 Å². The number of likely N-dealkylation sites (tertiary alicyclic amines) is 1. The lowest BCUT2D eigenvalue weighted by molar-refractivity contribution is -0.161. The van der Waals surface area contributed by atoms with Crippen LogP contribution in [0, 0.1) is 11.3 Å². The second kappa shape index (κ2) is 3.19. The fraction of sp³-hybridized carbons (Fsp3) is 0.909. The Labute approximate surface area is 89.7 Å². The van der Waals surface area contributed by atoms with Gasteiger partial charge in [0.15, 0.2) is 0 Å². The third-order valence-corrected chi connectivity index (χ3v) is 4.09. The van der Waals surface area contributed by atoms with Crippen molar-refractivity contribution in [1.29, 1.82) is 0 Å². The minimum Gasteiger partial charge on any atom is -0.380 e. The molecular formula is C11H18N2O2. The molecule has 2 saturated heterocycles. The lowest BCUT2D eigenvalue weighted by atomic mass is 9.77. The van der Waals surface area contributed by atoms with Gasteiger partial charge in [0, 0.05) is 24.5 Å². The summed E-state index contributed by atoms with van der Waals surface area (Å²) in [7, 11) is 0. The molecule has 84 valence electrons. The van der Waals surface area contributed by atoms with E-state index in [4.69, 9.17) is 10.5 Å². The molecule has 0 aromatic rings. The third kappa shape index (κ3) is 1.47. The number of carbonyl (C=O) groups excluding carboxylic acids is 1. The second-order valence-corrected chi connectivity index (χ2v) is 5.43. The van der Waals surface area contributed by atoms with Crippen molar-refractivity contribution in [1.82, 2.24) is 4.90 Å². The van der Waals surface area contributed by atoms with Crippen LogP contribution in [0.3, 0.4) is 0 Å². The van der Waals surface area contributed by atoms with Gasteiger partial charge in [-0.1, -0.05) is 0 Å². The van der Waals surface area contributed by atoms with E-state index in [1.807, 2.05) is 4.90 Å².